The van der Waals surface area contributed by atoms with Gasteiger partial charge in [0.05, 0.1) is 47.3 Å². The van der Waals surface area contributed by atoms with E-state index in [9.17, 15) is 77.8 Å². The third-order valence-corrected chi connectivity index (χ3v) is 21.0. The minimum atomic E-state index is -3.22. The van der Waals surface area contributed by atoms with E-state index in [0.29, 0.717) is 67.0 Å². The number of aliphatic hydroxyl groups excluding tert-OH is 6. The number of aliphatic hydroxyl groups is 6. The Balaban J connectivity index is 0.000000299. The van der Waals surface area contributed by atoms with Gasteiger partial charge < -0.3 is 115 Å². The van der Waals surface area contributed by atoms with E-state index in [1.54, 1.807) is 9.13 Å². The van der Waals surface area contributed by atoms with Crippen LogP contribution in [0.25, 0.3) is 55.8 Å². The summed E-state index contributed by atoms with van der Waals surface area (Å²) in [6, 6.07) is 0. The number of nitrogens with one attached hydrogen (secondary N) is 2. The summed E-state index contributed by atoms with van der Waals surface area (Å²) in [7, 11) is 0. The number of alkyl halides is 2. The number of halogens is 9. The molecule has 5 fully saturated rings. The average molecular weight is 2610 g/mol. The molecule has 0 amide bonds. The van der Waals surface area contributed by atoms with Crippen LogP contribution < -0.4 is 45.7 Å². The number of nitrogens with zero attached hydrogens (tertiary/aromatic N) is 19. The number of nitrogen functional groups attached to an aromatic ring is 4. The molecule has 5 unspecified atom stereocenters. The molecule has 0 spiro atoms. The normalized spacial score (nSPS) is 23.6. The highest BCUT2D eigenvalue weighted by atomic mass is 127. The molecule has 20 atom stereocenters. The molecule has 0 radical (unpaired) electrons. The molecule has 798 valence electrons. The molecule has 5 aliphatic rings. The van der Waals surface area contributed by atoms with E-state index in [2.05, 4.69) is 187 Å². The van der Waals surface area contributed by atoms with Gasteiger partial charge in [-0.15, -0.1) is 4.91 Å². The summed E-state index contributed by atoms with van der Waals surface area (Å²) < 4.78 is 83.9. The van der Waals surface area contributed by atoms with Crippen molar-refractivity contribution >= 4 is 280 Å². The van der Waals surface area contributed by atoms with Crippen molar-refractivity contribution in [3.63, 3.8) is 0 Å². The van der Waals surface area contributed by atoms with Crippen LogP contribution in [0.1, 0.15) is 160 Å². The highest BCUT2D eigenvalue weighted by Crippen LogP contribution is 2.61. The SMILES string of the molecule is C.CC(=O)OC(C)=O.CCCCCON=O.CC[C@H]1OC(n2cnc3c(=O)[nH]c(N)nc32)[C@H](OC(C)=O)[C@@H]1OC(C)=O.CC[C@H]1OC(n2cnc3c(Cl)nc(I)nc32)[C@H](OC(C)=O)[C@@H]1OC(C)=O.CC[C@H]1OC(n2cnc3c(Cl)nc(N)nc32)[C@H](OC(C)=O)[C@@H]1OC(C)=O.ICI.NN.Nc1nc(I)nc2c1ncn2C1O[C@H](CO)[C@@H](O)[C@H]1O.Nc1nc2c(ncn2C2O[C@H](CO)[C@@H](O)[C@H]2O)c(=O)[nH]1.O=P(Cl)(Cl)Cl. The molecule has 58 nitrogen and oxygen atoms in total. The van der Waals surface area contributed by atoms with Crippen LogP contribution in [0.3, 0.4) is 0 Å². The molecule has 0 aliphatic carbocycles. The lowest BCUT2D eigenvalue weighted by Gasteiger charge is -2.23. The topological polar surface area (TPSA) is 838 Å². The number of carbonyl (C=O) groups is 8. The Bertz CT molecular complexity index is 6020. The van der Waals surface area contributed by atoms with Crippen molar-refractivity contribution in [3.05, 3.63) is 75.2 Å². The number of unbranched alkanes of at least 4 members (excludes halogenated alkanes) is 2. The number of nitrogens with two attached hydrogens (primary N) is 6. The van der Waals surface area contributed by atoms with Gasteiger partial charge in [-0.1, -0.05) is 116 Å². The van der Waals surface area contributed by atoms with Crippen molar-refractivity contribution in [3.8, 4) is 0 Å². The molecule has 5 saturated heterocycles. The Morgan fingerprint density at radius 2 is 0.722 bits per heavy atom. The summed E-state index contributed by atoms with van der Waals surface area (Å²) >= 11 is 34.4. The number of carbonyl (C=O) groups excluding carboxylic acids is 8. The number of aromatic nitrogens is 20. The van der Waals surface area contributed by atoms with Gasteiger partial charge in [0.25, 0.3) is 11.1 Å². The van der Waals surface area contributed by atoms with Crippen molar-refractivity contribution in [2.45, 2.75) is 252 Å². The van der Waals surface area contributed by atoms with Crippen LogP contribution in [-0.2, 0) is 105 Å². The Hall–Kier alpha value is -9.01. The molecule has 5 aliphatic heterocycles. The number of imidazole rings is 5. The number of ether oxygens (including phenoxy) is 12. The van der Waals surface area contributed by atoms with E-state index >= 15 is 0 Å². The number of aromatic amines is 2. The fourth-order valence-electron chi connectivity index (χ4n) is 14.1. The van der Waals surface area contributed by atoms with Crippen LogP contribution in [0, 0.1) is 12.6 Å². The van der Waals surface area contributed by atoms with Crippen molar-refractivity contribution in [1.82, 2.24) is 97.6 Å². The summed E-state index contributed by atoms with van der Waals surface area (Å²) in [6.07, 6.45) is -5.71. The predicted octanol–water partition coefficient (Wildman–Crippen LogP) is 5.35. The molecule has 0 bridgehead atoms. The molecular formula is C76H105Cl5I4N27O31P. The van der Waals surface area contributed by atoms with Gasteiger partial charge in [-0.05, 0) is 59.4 Å². The van der Waals surface area contributed by atoms with Gasteiger partial charge >= 0.3 is 53.0 Å². The number of H-pyrrole nitrogens is 2. The molecule has 15 rings (SSSR count). The summed E-state index contributed by atoms with van der Waals surface area (Å²) in [5, 5.41) is 57.0. The number of hydrogen-bond donors (Lipinski definition) is 14. The van der Waals surface area contributed by atoms with E-state index in [4.69, 9.17) is 108 Å². The van der Waals surface area contributed by atoms with Gasteiger partial charge in [0, 0.05) is 101 Å². The molecule has 0 aromatic carbocycles. The van der Waals surface area contributed by atoms with E-state index in [0.717, 1.165) is 19.3 Å². The zero-order valence-corrected chi connectivity index (χ0v) is 90.5. The third kappa shape index (κ3) is 34.5. The second-order valence-corrected chi connectivity index (χ2v) is 43.3. The lowest BCUT2D eigenvalue weighted by molar-refractivity contribution is -0.165. The first-order valence-corrected chi connectivity index (χ1v) is 52.2. The maximum Gasteiger partial charge on any atom is 0.339 e. The Morgan fingerprint density at radius 3 is 1.02 bits per heavy atom. The number of hydrazine groups is 1. The quantitative estimate of drug-likeness (QED) is 0.00350. The number of anilines is 4. The minimum absolute atomic E-state index is 0. The standard InChI is InChI=1S/C15H16ClIN4O5.C15H18ClN5O5.C15H19N5O6.C10H12IN5O4.C10H13N5O5.C5H11NO2.C4H6O3.CH2I2.CH4.Cl3OP.H4N2/c2*1-4-8-10(24-6(2)22)11(25-7(3)23)14(26-8)21-5-18-9-12(16)19-15(17)20-13(9)21;1-4-8-10(24-6(2)21)11(25-7(3)22)14(26-8)20-5-17-9-12(20)18-15(16)19-13(9)23;11-10-14-7(12)4-8(15-10)16(2-13-4)9-6(19)5(18)3(1-17)20-9;11-10-13-7-4(8(19)14-10)12-2-15(7)9-6(18)5(17)3(1-16)20-9;1-2-3-4-5-8-6-7;1-3(5)7-4(2)6;2-1-3;;1-5(2,3)4;1-2/h5,8,10-11,14H,4H2,1-3H3;5,8,10-11,14H,4H2,1-3H3,(H2,17,19,20);5,8,10-11,14H,4H2,1-3H3,(H3,16,18,19,23);2-3,5-6,9,17-19H,1H2,(H2,12,14,15);2-3,5-6,9,16-18H,1H2,(H3,11,13,14,19);2-5H2,1H3;1-2H3;1H2;1H4;;1-2H2/t3*8-,10-,11-,14?;2*3-,5-,6-,9?;;;;;;/m11111....../s1. The Morgan fingerprint density at radius 1 is 0.438 bits per heavy atom. The molecule has 0 saturated carbocycles. The maximum atomic E-state index is 12.0. The second-order valence-electron chi connectivity index (χ2n) is 29.6. The number of hydrogen-bond acceptors (Lipinski definition) is 51. The van der Waals surface area contributed by atoms with E-state index in [1.165, 1.54) is 103 Å². The fraction of sp³-hybridized carbons (Fsp3) is 0.566. The molecule has 10 aromatic heterocycles. The summed E-state index contributed by atoms with van der Waals surface area (Å²) in [5.41, 5.74) is 24.2. The molecule has 68 heteroatoms. The Kier molecular flexibility index (Phi) is 51.6. The van der Waals surface area contributed by atoms with Gasteiger partial charge in [-0.25, -0.2) is 44.9 Å². The summed E-state index contributed by atoms with van der Waals surface area (Å²) in [5.74, 6) is 3.77. The zero-order valence-electron chi connectivity index (χ0n) is 77.2. The first-order valence-electron chi connectivity index (χ1n) is 41.8. The largest absolute Gasteiger partial charge is 0.456 e. The predicted molar refractivity (Wildman–Crippen MR) is 544 cm³/mol. The first kappa shape index (κ1) is 125. The lowest BCUT2D eigenvalue weighted by Crippen LogP contribution is -2.38. The molecule has 20 N–H and O–H groups in total. The minimum Gasteiger partial charge on any atom is -0.456 e. The van der Waals surface area contributed by atoms with E-state index < -0.39 is 200 Å². The third-order valence-electron chi connectivity index (χ3n) is 19.5. The van der Waals surface area contributed by atoms with Crippen LogP contribution in [0.5, 0.6) is 0 Å². The summed E-state index contributed by atoms with van der Waals surface area (Å²) in [6.45, 7) is 17.3. The second kappa shape index (κ2) is 59.3. The fourth-order valence-corrected chi connectivity index (χ4v) is 15.6. The van der Waals surface area contributed by atoms with Crippen molar-refractivity contribution in [2.24, 2.45) is 17.0 Å². The smallest absolute Gasteiger partial charge is 0.339 e. The number of esters is 8. The molecule has 10 aromatic rings. The molecule has 144 heavy (non-hydrogen) atoms. The zero-order chi connectivity index (χ0) is 107. The average Bonchev–Trinajstić information content (AvgIpc) is 1.61. The highest BCUT2D eigenvalue weighted by Gasteiger charge is 2.54. The van der Waals surface area contributed by atoms with Gasteiger partial charge in [0.15, 0.2) is 136 Å². The van der Waals surface area contributed by atoms with Gasteiger partial charge in [-0.2, -0.15) is 19.9 Å². The van der Waals surface area contributed by atoms with Crippen molar-refractivity contribution < 1.29 is 135 Å². The van der Waals surface area contributed by atoms with Gasteiger partial charge in [0.2, 0.25) is 17.8 Å². The van der Waals surface area contributed by atoms with E-state index in [1.807, 2.05) is 66.0 Å². The Labute approximate surface area is 894 Å². The number of rotatable bonds is 21. The lowest BCUT2D eigenvalue weighted by atomic mass is 10.1. The van der Waals surface area contributed by atoms with Gasteiger partial charge in [0.1, 0.15) is 78.1 Å². The highest BCUT2D eigenvalue weighted by molar-refractivity contribution is 14.2. The van der Waals surface area contributed by atoms with Crippen LogP contribution in [-0.4, -0.2) is 290 Å². The van der Waals surface area contributed by atoms with E-state index in [-0.39, 0.29) is 63.7 Å². The first-order chi connectivity index (χ1) is 67.4. The van der Waals surface area contributed by atoms with Crippen LogP contribution in [0.2, 0.25) is 10.3 Å². The summed E-state index contributed by atoms with van der Waals surface area (Å²) in [4.78, 5) is 184. The maximum absolute atomic E-state index is 12.0. The van der Waals surface area contributed by atoms with Gasteiger partial charge in [-0.3, -0.25) is 97.0 Å². The van der Waals surface area contributed by atoms with Crippen LogP contribution in [0.15, 0.2) is 46.6 Å². The molecular weight excluding hydrogens is 2500 g/mol. The van der Waals surface area contributed by atoms with Crippen molar-refractivity contribution in [2.75, 3.05) is 45.2 Å². The van der Waals surface area contributed by atoms with Crippen molar-refractivity contribution in [1.29, 1.82) is 0 Å². The number of fused-ring (bicyclic) bond motifs is 5. The monoisotopic (exact) mass is 2610 g/mol. The van der Waals surface area contributed by atoms with Crippen LogP contribution >= 0.6 is 152 Å². The molecule has 15 heterocycles. The van der Waals surface area contributed by atoms with Crippen LogP contribution in [0.4, 0.5) is 23.7 Å².